The number of hydrogen-bond donors (Lipinski definition) is 8. The van der Waals surface area contributed by atoms with Gasteiger partial charge in [-0.05, 0) is 43.5 Å². The third-order valence-electron chi connectivity index (χ3n) is 5.46. The lowest BCUT2D eigenvalue weighted by molar-refractivity contribution is -0.143. The van der Waals surface area contributed by atoms with Gasteiger partial charge < -0.3 is 36.6 Å². The molecule has 1 fully saturated rings. The Balaban J connectivity index is 2.15. The van der Waals surface area contributed by atoms with E-state index in [-0.39, 0.29) is 30.3 Å². The van der Waals surface area contributed by atoms with Crippen molar-refractivity contribution in [3.05, 3.63) is 29.8 Å². The van der Waals surface area contributed by atoms with Gasteiger partial charge in [-0.15, -0.1) is 0 Å². The van der Waals surface area contributed by atoms with Gasteiger partial charge in [-0.25, -0.2) is 4.79 Å². The molecule has 3 amide bonds. The van der Waals surface area contributed by atoms with Gasteiger partial charge in [-0.2, -0.15) is 12.6 Å². The van der Waals surface area contributed by atoms with Crippen molar-refractivity contribution >= 4 is 42.3 Å². The van der Waals surface area contributed by atoms with E-state index in [1.165, 1.54) is 24.3 Å². The summed E-state index contributed by atoms with van der Waals surface area (Å²) in [6, 6.07) is 1.65. The van der Waals surface area contributed by atoms with Crippen LogP contribution < -0.4 is 21.3 Å². The van der Waals surface area contributed by atoms with Gasteiger partial charge in [-0.1, -0.05) is 12.1 Å². The largest absolute Gasteiger partial charge is 0.508 e. The average molecular weight is 511 g/mol. The first-order valence-corrected chi connectivity index (χ1v) is 11.7. The lowest BCUT2D eigenvalue weighted by atomic mass is 10.0. The van der Waals surface area contributed by atoms with Gasteiger partial charge in [0.2, 0.25) is 17.7 Å². The first-order chi connectivity index (χ1) is 16.6. The highest BCUT2D eigenvalue weighted by atomic mass is 32.1. The summed E-state index contributed by atoms with van der Waals surface area (Å²) in [6.45, 7) is 0.692. The second-order valence-corrected chi connectivity index (χ2v) is 8.52. The van der Waals surface area contributed by atoms with E-state index in [4.69, 9.17) is 5.11 Å². The summed E-state index contributed by atoms with van der Waals surface area (Å²) in [4.78, 5) is 60.6. The predicted octanol–water partition coefficient (Wildman–Crippen LogP) is -0.980. The lowest BCUT2D eigenvalue weighted by Gasteiger charge is -2.24. The minimum Gasteiger partial charge on any atom is -0.508 e. The van der Waals surface area contributed by atoms with Gasteiger partial charge in [0.15, 0.2) is 0 Å². The van der Waals surface area contributed by atoms with Crippen LogP contribution in [0.25, 0.3) is 0 Å². The highest BCUT2D eigenvalue weighted by Crippen LogP contribution is 2.12. The standard InChI is InChI=1S/C22H30N4O8S/c27-13-5-3-12(4-6-13)10-16(20(31)24-15(22(33)34)7-8-18(28)29)25-21(32)17(11-35)26-19(30)14-2-1-9-23-14/h3-6,14-17,23,27,35H,1-2,7-11H2,(H,24,31)(H,25,32)(H,26,30)(H,28,29)(H,33,34). The third kappa shape index (κ3) is 9.09. The van der Waals surface area contributed by atoms with Gasteiger partial charge in [0.05, 0.1) is 6.04 Å². The molecule has 192 valence electrons. The van der Waals surface area contributed by atoms with Crippen LogP contribution in [0.2, 0.25) is 0 Å². The molecule has 0 radical (unpaired) electrons. The second-order valence-electron chi connectivity index (χ2n) is 8.16. The Morgan fingerprint density at radius 3 is 2.14 bits per heavy atom. The summed E-state index contributed by atoms with van der Waals surface area (Å²) in [7, 11) is 0. The molecule has 1 aliphatic rings. The number of carbonyl (C=O) groups is 5. The van der Waals surface area contributed by atoms with Crippen molar-refractivity contribution < 1.29 is 39.3 Å². The molecule has 2 rings (SSSR count). The number of carboxylic acids is 2. The molecule has 0 saturated carbocycles. The van der Waals surface area contributed by atoms with E-state index in [1.807, 2.05) is 0 Å². The van der Waals surface area contributed by atoms with Gasteiger partial charge >= 0.3 is 11.9 Å². The molecular weight excluding hydrogens is 480 g/mol. The van der Waals surface area contributed by atoms with Gasteiger partial charge in [0, 0.05) is 18.6 Å². The van der Waals surface area contributed by atoms with Crippen LogP contribution in [-0.4, -0.2) is 81.4 Å². The molecule has 0 aromatic heterocycles. The van der Waals surface area contributed by atoms with Gasteiger partial charge in [-0.3, -0.25) is 19.2 Å². The van der Waals surface area contributed by atoms with Crippen LogP contribution in [0.1, 0.15) is 31.2 Å². The first kappa shape index (κ1) is 27.9. The quantitative estimate of drug-likeness (QED) is 0.154. The molecule has 35 heavy (non-hydrogen) atoms. The van der Waals surface area contributed by atoms with Crippen molar-refractivity contribution in [2.24, 2.45) is 0 Å². The minimum absolute atomic E-state index is 0.00299. The summed E-state index contributed by atoms with van der Waals surface area (Å²) in [5.41, 5.74) is 0.558. The number of aliphatic carboxylic acids is 2. The van der Waals surface area contributed by atoms with Crippen molar-refractivity contribution in [3.63, 3.8) is 0 Å². The van der Waals surface area contributed by atoms with Crippen LogP contribution in [0.15, 0.2) is 24.3 Å². The van der Waals surface area contributed by atoms with Crippen LogP contribution in [0.4, 0.5) is 0 Å². The summed E-state index contributed by atoms with van der Waals surface area (Å²) < 4.78 is 0. The molecule has 1 aromatic carbocycles. The van der Waals surface area contributed by atoms with Crippen LogP contribution in [0, 0.1) is 0 Å². The molecule has 0 spiro atoms. The van der Waals surface area contributed by atoms with E-state index in [1.54, 1.807) is 0 Å². The molecule has 1 aliphatic heterocycles. The Labute approximate surface area is 207 Å². The summed E-state index contributed by atoms with van der Waals surface area (Å²) in [5.74, 6) is -4.59. The topological polar surface area (TPSA) is 194 Å². The van der Waals surface area contributed by atoms with Gasteiger partial charge in [0.1, 0.15) is 23.9 Å². The summed E-state index contributed by atoms with van der Waals surface area (Å²) >= 11 is 4.13. The SMILES string of the molecule is O=C(O)CCC(NC(=O)C(Cc1ccc(O)cc1)NC(=O)C(CS)NC(=O)C1CCCN1)C(=O)O. The molecule has 1 aromatic rings. The fourth-order valence-electron chi connectivity index (χ4n) is 3.52. The molecule has 0 aliphatic carbocycles. The van der Waals surface area contributed by atoms with Crippen LogP contribution >= 0.6 is 12.6 Å². The maximum Gasteiger partial charge on any atom is 0.326 e. The average Bonchev–Trinajstić information content (AvgIpc) is 3.35. The van der Waals surface area contributed by atoms with Crippen molar-refractivity contribution in [1.82, 2.24) is 21.3 Å². The predicted molar refractivity (Wildman–Crippen MR) is 127 cm³/mol. The number of benzene rings is 1. The molecular formula is C22H30N4O8S. The monoisotopic (exact) mass is 510 g/mol. The number of nitrogens with one attached hydrogen (secondary N) is 4. The molecule has 13 heteroatoms. The van der Waals surface area contributed by atoms with E-state index in [0.29, 0.717) is 18.5 Å². The number of amides is 3. The molecule has 7 N–H and O–H groups in total. The molecule has 1 saturated heterocycles. The zero-order valence-electron chi connectivity index (χ0n) is 18.9. The number of carboxylic acid groups (broad SMARTS) is 2. The Bertz CT molecular complexity index is 921. The van der Waals surface area contributed by atoms with Crippen LogP contribution in [-0.2, 0) is 30.4 Å². The molecule has 1 heterocycles. The number of phenols is 1. The molecule has 4 atom stereocenters. The minimum atomic E-state index is -1.48. The van der Waals surface area contributed by atoms with E-state index >= 15 is 0 Å². The van der Waals surface area contributed by atoms with Crippen molar-refractivity contribution in [2.75, 3.05) is 12.3 Å². The maximum atomic E-state index is 12.9. The van der Waals surface area contributed by atoms with Crippen molar-refractivity contribution in [2.45, 2.75) is 56.3 Å². The lowest BCUT2D eigenvalue weighted by Crippen LogP contribution is -2.58. The van der Waals surface area contributed by atoms with E-state index in [0.717, 1.165) is 6.42 Å². The van der Waals surface area contributed by atoms with E-state index in [2.05, 4.69) is 33.9 Å². The normalized spacial score (nSPS) is 17.6. The summed E-state index contributed by atoms with van der Waals surface area (Å²) in [5, 5.41) is 38.1. The Kier molecular flexibility index (Phi) is 10.8. The fourth-order valence-corrected chi connectivity index (χ4v) is 3.78. The summed E-state index contributed by atoms with van der Waals surface area (Å²) in [6.07, 6.45) is 0.582. The third-order valence-corrected chi connectivity index (χ3v) is 5.83. The second kappa shape index (κ2) is 13.5. The highest BCUT2D eigenvalue weighted by molar-refractivity contribution is 7.80. The number of aromatic hydroxyl groups is 1. The number of phenolic OH excluding ortho intramolecular Hbond substituents is 1. The zero-order chi connectivity index (χ0) is 26.0. The number of thiol groups is 1. The Morgan fingerprint density at radius 1 is 0.971 bits per heavy atom. The molecule has 4 unspecified atom stereocenters. The van der Waals surface area contributed by atoms with Crippen molar-refractivity contribution in [3.8, 4) is 5.75 Å². The molecule has 12 nitrogen and oxygen atoms in total. The van der Waals surface area contributed by atoms with Gasteiger partial charge in [0.25, 0.3) is 0 Å². The number of carbonyl (C=O) groups excluding carboxylic acids is 3. The zero-order valence-corrected chi connectivity index (χ0v) is 19.8. The molecule has 0 bridgehead atoms. The Morgan fingerprint density at radius 2 is 1.60 bits per heavy atom. The van der Waals surface area contributed by atoms with Crippen LogP contribution in [0.5, 0.6) is 5.75 Å². The maximum absolute atomic E-state index is 12.9. The number of hydrogen-bond acceptors (Lipinski definition) is 8. The van der Waals surface area contributed by atoms with E-state index in [9.17, 15) is 34.2 Å². The first-order valence-electron chi connectivity index (χ1n) is 11.1. The fraction of sp³-hybridized carbons (Fsp3) is 0.500. The Hall–Kier alpha value is -3.32. The van der Waals surface area contributed by atoms with Crippen molar-refractivity contribution in [1.29, 1.82) is 0 Å². The smallest absolute Gasteiger partial charge is 0.326 e. The van der Waals surface area contributed by atoms with E-state index < -0.39 is 54.3 Å². The number of rotatable bonds is 13. The highest BCUT2D eigenvalue weighted by Gasteiger charge is 2.31. The van der Waals surface area contributed by atoms with Crippen LogP contribution in [0.3, 0.4) is 0 Å².